The summed E-state index contributed by atoms with van der Waals surface area (Å²) in [5.41, 5.74) is -1.31. The maximum Gasteiger partial charge on any atom is 0.419 e. The first-order valence-electron chi connectivity index (χ1n) is 5.56. The molecule has 0 saturated carbocycles. The van der Waals surface area contributed by atoms with Gasteiger partial charge in [0, 0.05) is 20.1 Å². The van der Waals surface area contributed by atoms with Crippen LogP contribution in [0.5, 0.6) is 0 Å². The highest BCUT2D eigenvalue weighted by molar-refractivity contribution is 9.11. The van der Waals surface area contributed by atoms with Gasteiger partial charge in [-0.25, -0.2) is 4.39 Å². The van der Waals surface area contributed by atoms with E-state index in [1.165, 1.54) is 6.07 Å². The van der Waals surface area contributed by atoms with Gasteiger partial charge in [-0.05, 0) is 46.3 Å². The standard InChI is InChI=1S/C14H6Br2F4O/c15-8-2-3-9(11(16)6-8)13(21)7-1-4-10(12(17)5-7)14(18,19)20/h1-6H. The third-order valence-corrected chi connectivity index (χ3v) is 3.86. The molecule has 21 heavy (non-hydrogen) atoms. The van der Waals surface area contributed by atoms with Crippen LogP contribution in [0.3, 0.4) is 0 Å². The average molecular weight is 426 g/mol. The average Bonchev–Trinajstić information content (AvgIpc) is 2.36. The highest BCUT2D eigenvalue weighted by Gasteiger charge is 2.34. The van der Waals surface area contributed by atoms with Crippen LogP contribution >= 0.6 is 31.9 Å². The third-order valence-electron chi connectivity index (χ3n) is 2.71. The van der Waals surface area contributed by atoms with Crippen molar-refractivity contribution in [3.8, 4) is 0 Å². The predicted molar refractivity (Wildman–Crippen MR) is 76.7 cm³/mol. The summed E-state index contributed by atoms with van der Waals surface area (Å²) in [6.07, 6.45) is -4.79. The van der Waals surface area contributed by atoms with Crippen LogP contribution in [0, 0.1) is 5.82 Å². The van der Waals surface area contributed by atoms with Gasteiger partial charge in [0.2, 0.25) is 0 Å². The highest BCUT2D eigenvalue weighted by Crippen LogP contribution is 2.32. The summed E-state index contributed by atoms with van der Waals surface area (Å²) in [6, 6.07) is 6.84. The number of hydrogen-bond donors (Lipinski definition) is 0. The van der Waals surface area contributed by atoms with E-state index in [9.17, 15) is 22.4 Å². The van der Waals surface area contributed by atoms with E-state index < -0.39 is 23.3 Å². The summed E-state index contributed by atoms with van der Waals surface area (Å²) in [5, 5.41) is 0. The Kier molecular flexibility index (Phi) is 4.53. The van der Waals surface area contributed by atoms with Gasteiger partial charge in [0.15, 0.2) is 5.78 Å². The molecule has 0 atom stereocenters. The minimum absolute atomic E-state index is 0.150. The van der Waals surface area contributed by atoms with E-state index in [0.717, 1.165) is 10.5 Å². The normalized spacial score (nSPS) is 11.5. The van der Waals surface area contributed by atoms with Crippen molar-refractivity contribution in [2.75, 3.05) is 0 Å². The van der Waals surface area contributed by atoms with Crippen LogP contribution in [0.15, 0.2) is 45.3 Å². The van der Waals surface area contributed by atoms with Gasteiger partial charge in [-0.15, -0.1) is 0 Å². The molecule has 2 aromatic carbocycles. The molecule has 0 heterocycles. The number of carbonyl (C=O) groups is 1. The summed E-state index contributed by atoms with van der Waals surface area (Å²) >= 11 is 6.40. The van der Waals surface area contributed by atoms with Crippen LogP contribution < -0.4 is 0 Å². The molecule has 0 aliphatic carbocycles. The Morgan fingerprint density at radius 1 is 1.00 bits per heavy atom. The molecule has 0 aliphatic heterocycles. The Hall–Kier alpha value is -1.21. The topological polar surface area (TPSA) is 17.1 Å². The lowest BCUT2D eigenvalue weighted by molar-refractivity contribution is -0.140. The summed E-state index contributed by atoms with van der Waals surface area (Å²) < 4.78 is 52.1. The molecule has 110 valence electrons. The van der Waals surface area contributed by atoms with E-state index in [2.05, 4.69) is 31.9 Å². The molecule has 0 aromatic heterocycles. The quantitative estimate of drug-likeness (QED) is 0.452. The largest absolute Gasteiger partial charge is 0.419 e. The number of alkyl halides is 3. The first-order chi connectivity index (χ1) is 9.70. The fourth-order valence-electron chi connectivity index (χ4n) is 1.72. The Morgan fingerprint density at radius 2 is 1.67 bits per heavy atom. The number of benzene rings is 2. The van der Waals surface area contributed by atoms with Crippen molar-refractivity contribution in [3.63, 3.8) is 0 Å². The Morgan fingerprint density at radius 3 is 2.19 bits per heavy atom. The Labute approximate surface area is 134 Å². The predicted octanol–water partition coefficient (Wildman–Crippen LogP) is 5.60. The van der Waals surface area contributed by atoms with Crippen molar-refractivity contribution in [2.45, 2.75) is 6.18 Å². The zero-order valence-electron chi connectivity index (χ0n) is 10.1. The van der Waals surface area contributed by atoms with Gasteiger partial charge in [0.25, 0.3) is 0 Å². The summed E-state index contributed by atoms with van der Waals surface area (Å²) in [7, 11) is 0. The fraction of sp³-hybridized carbons (Fsp3) is 0.0714. The van der Waals surface area contributed by atoms with Crippen molar-refractivity contribution in [1.82, 2.24) is 0 Å². The molecule has 0 aliphatic rings. The SMILES string of the molecule is O=C(c1ccc(C(F)(F)F)c(F)c1)c1ccc(Br)cc1Br. The molecule has 0 bridgehead atoms. The number of ketones is 1. The molecular formula is C14H6Br2F4O. The minimum Gasteiger partial charge on any atom is -0.289 e. The van der Waals surface area contributed by atoms with Crippen LogP contribution in [0.1, 0.15) is 21.5 Å². The van der Waals surface area contributed by atoms with Gasteiger partial charge in [0.1, 0.15) is 5.82 Å². The number of carbonyl (C=O) groups excluding carboxylic acids is 1. The van der Waals surface area contributed by atoms with Gasteiger partial charge >= 0.3 is 6.18 Å². The van der Waals surface area contributed by atoms with Crippen LogP contribution in [-0.2, 0) is 6.18 Å². The van der Waals surface area contributed by atoms with E-state index in [1.807, 2.05) is 0 Å². The molecule has 2 aromatic rings. The molecule has 2 rings (SSSR count). The minimum atomic E-state index is -4.79. The van der Waals surface area contributed by atoms with Gasteiger partial charge in [-0.1, -0.05) is 22.0 Å². The van der Waals surface area contributed by atoms with Crippen LogP contribution in [0.25, 0.3) is 0 Å². The molecule has 0 spiro atoms. The molecule has 1 nitrogen and oxygen atoms in total. The first-order valence-corrected chi connectivity index (χ1v) is 7.15. The molecule has 0 amide bonds. The van der Waals surface area contributed by atoms with Gasteiger partial charge in [-0.3, -0.25) is 4.79 Å². The van der Waals surface area contributed by atoms with E-state index in [-0.39, 0.29) is 11.1 Å². The van der Waals surface area contributed by atoms with Crippen molar-refractivity contribution in [2.24, 2.45) is 0 Å². The zero-order chi connectivity index (χ0) is 15.8. The molecule has 0 unspecified atom stereocenters. The van der Waals surface area contributed by atoms with E-state index in [0.29, 0.717) is 16.6 Å². The number of hydrogen-bond acceptors (Lipinski definition) is 1. The second-order valence-electron chi connectivity index (χ2n) is 4.15. The monoisotopic (exact) mass is 424 g/mol. The van der Waals surface area contributed by atoms with E-state index in [4.69, 9.17) is 0 Å². The van der Waals surface area contributed by atoms with E-state index >= 15 is 0 Å². The molecule has 0 N–H and O–H groups in total. The summed E-state index contributed by atoms with van der Waals surface area (Å²) in [4.78, 5) is 12.2. The molecular weight excluding hydrogens is 420 g/mol. The molecule has 0 saturated heterocycles. The Bertz CT molecular complexity index is 711. The van der Waals surface area contributed by atoms with E-state index in [1.54, 1.807) is 12.1 Å². The van der Waals surface area contributed by atoms with Crippen molar-refractivity contribution in [1.29, 1.82) is 0 Å². The number of rotatable bonds is 2. The second-order valence-corrected chi connectivity index (χ2v) is 5.92. The lowest BCUT2D eigenvalue weighted by Gasteiger charge is -2.09. The lowest BCUT2D eigenvalue weighted by atomic mass is 10.0. The molecule has 0 fully saturated rings. The van der Waals surface area contributed by atoms with Crippen molar-refractivity contribution in [3.05, 3.63) is 67.9 Å². The van der Waals surface area contributed by atoms with Gasteiger partial charge in [0.05, 0.1) is 5.56 Å². The number of halogens is 6. The van der Waals surface area contributed by atoms with Crippen LogP contribution in [0.2, 0.25) is 0 Å². The second kappa shape index (κ2) is 5.88. The Balaban J connectivity index is 2.43. The zero-order valence-corrected chi connectivity index (χ0v) is 13.3. The maximum absolute atomic E-state index is 13.5. The van der Waals surface area contributed by atoms with Crippen LogP contribution in [0.4, 0.5) is 17.6 Å². The lowest BCUT2D eigenvalue weighted by Crippen LogP contribution is -2.10. The summed E-state index contributed by atoms with van der Waals surface area (Å²) in [6.45, 7) is 0. The molecule has 0 radical (unpaired) electrons. The first kappa shape index (κ1) is 16.2. The van der Waals surface area contributed by atoms with Crippen molar-refractivity contribution >= 4 is 37.6 Å². The smallest absolute Gasteiger partial charge is 0.289 e. The maximum atomic E-state index is 13.5. The highest BCUT2D eigenvalue weighted by atomic mass is 79.9. The van der Waals surface area contributed by atoms with Gasteiger partial charge < -0.3 is 0 Å². The fourth-order valence-corrected chi connectivity index (χ4v) is 2.94. The third kappa shape index (κ3) is 3.52. The van der Waals surface area contributed by atoms with Gasteiger partial charge in [-0.2, -0.15) is 13.2 Å². The van der Waals surface area contributed by atoms with Crippen LogP contribution in [-0.4, -0.2) is 5.78 Å². The van der Waals surface area contributed by atoms with Crippen molar-refractivity contribution < 1.29 is 22.4 Å². The summed E-state index contributed by atoms with van der Waals surface area (Å²) in [5.74, 6) is -2.04. The molecule has 7 heteroatoms.